The molecule has 1 saturated carbocycles. The first-order valence-electron chi connectivity index (χ1n) is 10.5. The molecule has 2 N–H and O–H groups in total. The van der Waals surface area contributed by atoms with E-state index in [-0.39, 0.29) is 17.9 Å². The summed E-state index contributed by atoms with van der Waals surface area (Å²) in [5.41, 5.74) is 6.34. The first-order chi connectivity index (χ1) is 14.5. The highest BCUT2D eigenvalue weighted by Crippen LogP contribution is 2.38. The molecule has 2 amide bonds. The number of amides is 2. The molecule has 156 valence electrons. The van der Waals surface area contributed by atoms with Gasteiger partial charge >= 0.3 is 0 Å². The number of anilines is 1. The Morgan fingerprint density at radius 3 is 2.27 bits per heavy atom. The third kappa shape index (κ3) is 3.24. The summed E-state index contributed by atoms with van der Waals surface area (Å²) in [4.78, 5) is 28.7. The lowest BCUT2D eigenvalue weighted by Gasteiger charge is -2.35. The molecular weight excluding hydrogens is 380 g/mol. The van der Waals surface area contributed by atoms with Crippen molar-refractivity contribution in [3.8, 4) is 0 Å². The molecule has 2 aromatic rings. The second-order valence-electron chi connectivity index (χ2n) is 8.45. The maximum Gasteiger partial charge on any atom is 0.254 e. The quantitative estimate of drug-likeness (QED) is 0.814. The summed E-state index contributed by atoms with van der Waals surface area (Å²) in [6.07, 6.45) is 1.10. The van der Waals surface area contributed by atoms with Gasteiger partial charge in [0.15, 0.2) is 0 Å². The van der Waals surface area contributed by atoms with Gasteiger partial charge < -0.3 is 20.3 Å². The van der Waals surface area contributed by atoms with E-state index in [1.807, 2.05) is 43.4 Å². The van der Waals surface area contributed by atoms with Gasteiger partial charge in [0.2, 0.25) is 0 Å². The average Bonchev–Trinajstić information content (AvgIpc) is 3.44. The van der Waals surface area contributed by atoms with Crippen LogP contribution in [-0.2, 0) is 4.79 Å². The number of hydrogen-bond donors (Lipinski definition) is 2. The van der Waals surface area contributed by atoms with Crippen molar-refractivity contribution in [3.63, 3.8) is 0 Å². The largest absolute Gasteiger partial charge is 0.380 e. The van der Waals surface area contributed by atoms with Crippen LogP contribution in [0.4, 0.5) is 5.69 Å². The molecular formula is C23H26N4O3. The predicted molar refractivity (Wildman–Crippen MR) is 113 cm³/mol. The van der Waals surface area contributed by atoms with E-state index in [9.17, 15) is 14.7 Å². The second-order valence-corrected chi connectivity index (χ2v) is 8.45. The number of para-hydroxylation sites is 1. The van der Waals surface area contributed by atoms with Crippen molar-refractivity contribution in [1.82, 2.24) is 14.8 Å². The maximum absolute atomic E-state index is 12.9. The Kier molecular flexibility index (Phi) is 4.52. The zero-order valence-corrected chi connectivity index (χ0v) is 17.0. The lowest BCUT2D eigenvalue weighted by molar-refractivity contribution is -0.143. The molecule has 3 aliphatic rings. The lowest BCUT2D eigenvalue weighted by atomic mass is 9.97. The number of nitrogens with one attached hydrogen (secondary N) is 1. The molecule has 0 radical (unpaired) electrons. The number of aliphatic hydroxyl groups is 1. The van der Waals surface area contributed by atoms with Crippen molar-refractivity contribution in [2.75, 3.05) is 38.7 Å². The topological polar surface area (TPSA) is 76.1 Å². The lowest BCUT2D eigenvalue weighted by Crippen LogP contribution is -2.53. The predicted octanol–water partition coefficient (Wildman–Crippen LogP) is 1.86. The van der Waals surface area contributed by atoms with Crippen LogP contribution in [0.25, 0.3) is 0 Å². The maximum atomic E-state index is 12.9. The molecule has 1 atom stereocenters. The minimum atomic E-state index is -1.14. The number of carbonyl (C=O) groups is 2. The van der Waals surface area contributed by atoms with Crippen molar-refractivity contribution in [2.45, 2.75) is 24.5 Å². The van der Waals surface area contributed by atoms with Crippen LogP contribution < -0.4 is 5.43 Å². The van der Waals surface area contributed by atoms with E-state index in [0.717, 1.165) is 11.3 Å². The van der Waals surface area contributed by atoms with E-state index in [1.165, 1.54) is 5.56 Å². The number of piperazine rings is 1. The van der Waals surface area contributed by atoms with E-state index in [1.54, 1.807) is 9.80 Å². The van der Waals surface area contributed by atoms with Gasteiger partial charge in [0.25, 0.3) is 11.8 Å². The fourth-order valence-electron chi connectivity index (χ4n) is 4.43. The van der Waals surface area contributed by atoms with Crippen LogP contribution in [0.3, 0.4) is 0 Å². The highest BCUT2D eigenvalue weighted by molar-refractivity contribution is 5.94. The fourth-order valence-corrected chi connectivity index (χ4v) is 4.43. The minimum Gasteiger partial charge on any atom is -0.380 e. The number of hydrogen-bond acceptors (Lipinski definition) is 5. The van der Waals surface area contributed by atoms with Crippen LogP contribution in [0.5, 0.6) is 0 Å². The van der Waals surface area contributed by atoms with Crippen LogP contribution in [-0.4, -0.2) is 70.6 Å². The Morgan fingerprint density at radius 1 is 0.967 bits per heavy atom. The van der Waals surface area contributed by atoms with E-state index < -0.39 is 5.60 Å². The summed E-state index contributed by atoms with van der Waals surface area (Å²) in [5.74, 6) is -0.203. The number of benzene rings is 2. The molecule has 2 aliphatic heterocycles. The van der Waals surface area contributed by atoms with Gasteiger partial charge in [0.05, 0.1) is 11.7 Å². The Morgan fingerprint density at radius 2 is 1.60 bits per heavy atom. The van der Waals surface area contributed by atoms with Gasteiger partial charge in [-0.3, -0.25) is 9.59 Å². The standard InChI is InChI=1S/C23H26N4O3/c1-25-20(18-4-2-3-5-19(18)24-25)16-6-8-17(9-7-16)21(28)26-12-14-27(15-13-26)22(29)23(30)10-11-23/h2-9,20,24,30H,10-15H2,1H3. The van der Waals surface area contributed by atoms with Gasteiger partial charge in [-0.1, -0.05) is 30.3 Å². The van der Waals surface area contributed by atoms with E-state index in [0.29, 0.717) is 44.6 Å². The third-order valence-electron chi connectivity index (χ3n) is 6.39. The molecule has 0 aromatic heterocycles. The summed E-state index contributed by atoms with van der Waals surface area (Å²) in [6.45, 7) is 1.93. The number of fused-ring (bicyclic) bond motifs is 1. The van der Waals surface area contributed by atoms with E-state index in [2.05, 4.69) is 22.6 Å². The highest BCUT2D eigenvalue weighted by Gasteiger charge is 2.50. The van der Waals surface area contributed by atoms with Crippen LogP contribution >= 0.6 is 0 Å². The van der Waals surface area contributed by atoms with Crippen LogP contribution in [0.2, 0.25) is 0 Å². The molecule has 2 heterocycles. The number of nitrogens with zero attached hydrogens (tertiary/aromatic N) is 3. The molecule has 7 heteroatoms. The summed E-state index contributed by atoms with van der Waals surface area (Å²) in [5, 5.41) is 12.1. The van der Waals surface area contributed by atoms with Crippen LogP contribution in [0.1, 0.15) is 40.4 Å². The first kappa shape index (κ1) is 19.1. The summed E-state index contributed by atoms with van der Waals surface area (Å²) < 4.78 is 0. The Balaban J connectivity index is 1.25. The van der Waals surface area contributed by atoms with Gasteiger partial charge in [-0.2, -0.15) is 0 Å². The van der Waals surface area contributed by atoms with Crippen LogP contribution in [0, 0.1) is 0 Å². The molecule has 1 unspecified atom stereocenters. The van der Waals surface area contributed by atoms with E-state index >= 15 is 0 Å². The van der Waals surface area contributed by atoms with Crippen molar-refractivity contribution < 1.29 is 14.7 Å². The highest BCUT2D eigenvalue weighted by atomic mass is 16.3. The Hall–Kier alpha value is -2.90. The molecule has 5 rings (SSSR count). The normalized spacial score (nSPS) is 22.4. The summed E-state index contributed by atoms with van der Waals surface area (Å²) in [7, 11) is 2.02. The minimum absolute atomic E-state index is 0.0166. The third-order valence-corrected chi connectivity index (χ3v) is 6.39. The average molecular weight is 406 g/mol. The van der Waals surface area contributed by atoms with Crippen LogP contribution in [0.15, 0.2) is 48.5 Å². The fraction of sp³-hybridized carbons (Fsp3) is 0.391. The van der Waals surface area contributed by atoms with Gasteiger partial charge in [-0.25, -0.2) is 5.01 Å². The Bertz CT molecular complexity index is 978. The Labute approximate surface area is 175 Å². The van der Waals surface area contributed by atoms with Gasteiger partial charge in [0, 0.05) is 44.4 Å². The molecule has 1 aliphatic carbocycles. The second kappa shape index (κ2) is 7.11. The smallest absolute Gasteiger partial charge is 0.254 e. The summed E-state index contributed by atoms with van der Waals surface area (Å²) in [6, 6.07) is 16.1. The van der Waals surface area contributed by atoms with Crippen molar-refractivity contribution in [3.05, 3.63) is 65.2 Å². The monoisotopic (exact) mass is 406 g/mol. The van der Waals surface area contributed by atoms with Crippen molar-refractivity contribution in [1.29, 1.82) is 0 Å². The molecule has 1 saturated heterocycles. The number of carbonyl (C=O) groups excluding carboxylic acids is 2. The van der Waals surface area contributed by atoms with Gasteiger partial charge in [-0.15, -0.1) is 0 Å². The summed E-state index contributed by atoms with van der Waals surface area (Å²) >= 11 is 0. The van der Waals surface area contributed by atoms with Gasteiger partial charge in [-0.05, 0) is 36.6 Å². The molecule has 30 heavy (non-hydrogen) atoms. The molecule has 2 aromatic carbocycles. The first-order valence-corrected chi connectivity index (χ1v) is 10.5. The SMILES string of the molecule is CN1Nc2ccccc2C1c1ccc(C(=O)N2CCN(C(=O)C3(O)CC3)CC2)cc1. The zero-order chi connectivity index (χ0) is 20.9. The molecule has 2 fully saturated rings. The zero-order valence-electron chi connectivity index (χ0n) is 17.0. The van der Waals surface area contributed by atoms with Crippen molar-refractivity contribution in [2.24, 2.45) is 0 Å². The molecule has 7 nitrogen and oxygen atoms in total. The van der Waals surface area contributed by atoms with E-state index in [4.69, 9.17) is 0 Å². The number of hydrazine groups is 1. The molecule has 0 spiro atoms. The molecule has 0 bridgehead atoms. The van der Waals surface area contributed by atoms with Crippen molar-refractivity contribution >= 4 is 17.5 Å². The van der Waals surface area contributed by atoms with Gasteiger partial charge in [0.1, 0.15) is 5.60 Å². The number of rotatable bonds is 3.